The summed E-state index contributed by atoms with van der Waals surface area (Å²) in [5.74, 6) is -1.36. The number of phenols is 1. The van der Waals surface area contributed by atoms with Gasteiger partial charge in [-0.3, -0.25) is 14.4 Å². The van der Waals surface area contributed by atoms with Crippen LogP contribution in [0.2, 0.25) is 0 Å². The maximum absolute atomic E-state index is 13.6. The van der Waals surface area contributed by atoms with E-state index in [1.165, 1.54) is 19.1 Å². The first-order chi connectivity index (χ1) is 20.1. The molecule has 0 spiro atoms. The van der Waals surface area contributed by atoms with Crippen molar-refractivity contribution in [1.82, 2.24) is 16.0 Å². The number of Topliss-reactive ketones (excluding diaryl/α,β-unsaturated/α-hetero) is 1. The van der Waals surface area contributed by atoms with Gasteiger partial charge in [0, 0.05) is 6.42 Å². The van der Waals surface area contributed by atoms with E-state index in [2.05, 4.69) is 16.0 Å². The van der Waals surface area contributed by atoms with Crippen LogP contribution in [0.25, 0.3) is 0 Å². The number of carbonyl (C=O) groups is 4. The first kappa shape index (κ1) is 30.3. The molecule has 1 aliphatic heterocycles. The largest absolute Gasteiger partial charge is 0.508 e. The molecule has 4 rings (SSSR count). The molecule has 42 heavy (non-hydrogen) atoms. The molecule has 0 bridgehead atoms. The molecule has 10 nitrogen and oxygen atoms in total. The van der Waals surface area contributed by atoms with Crippen molar-refractivity contribution in [3.05, 3.63) is 102 Å². The highest BCUT2D eigenvalue weighted by atomic mass is 16.6. The summed E-state index contributed by atoms with van der Waals surface area (Å²) in [4.78, 5) is 52.3. The molecule has 0 radical (unpaired) electrons. The van der Waals surface area contributed by atoms with Gasteiger partial charge in [0.25, 0.3) is 0 Å². The lowest BCUT2D eigenvalue weighted by atomic mass is 9.94. The number of ether oxygens (including phenoxy) is 2. The SMILES string of the molecule is C[C@@H](NC(=O)OCc1ccccc1)C(=O)N[C@@H](Cc1ccccc1)C(=O)N[C@@H](Cc1ccc(O)cc1)C(=O)C1(C)CO1. The fourth-order valence-electron chi connectivity index (χ4n) is 4.33. The number of phenolic OH excluding ortho intramolecular Hbond substituents is 1. The van der Waals surface area contributed by atoms with E-state index in [1.807, 2.05) is 60.7 Å². The summed E-state index contributed by atoms with van der Waals surface area (Å²) in [6.45, 7) is 3.44. The Balaban J connectivity index is 1.44. The molecule has 0 aromatic heterocycles. The Labute approximate surface area is 244 Å². The van der Waals surface area contributed by atoms with Crippen LogP contribution in [-0.2, 0) is 43.3 Å². The van der Waals surface area contributed by atoms with Gasteiger partial charge in [-0.15, -0.1) is 0 Å². The van der Waals surface area contributed by atoms with Gasteiger partial charge in [-0.2, -0.15) is 0 Å². The Kier molecular flexibility index (Phi) is 9.93. The Morgan fingerprint density at radius 2 is 1.31 bits per heavy atom. The van der Waals surface area contributed by atoms with Gasteiger partial charge in [0.05, 0.1) is 12.6 Å². The lowest BCUT2D eigenvalue weighted by Gasteiger charge is -2.25. The van der Waals surface area contributed by atoms with Crippen molar-refractivity contribution in [2.75, 3.05) is 6.61 Å². The third kappa shape index (κ3) is 8.65. The number of alkyl carbamates (subject to hydrolysis) is 1. The van der Waals surface area contributed by atoms with Crippen molar-refractivity contribution < 1.29 is 33.8 Å². The number of amides is 3. The van der Waals surface area contributed by atoms with Gasteiger partial charge in [0.1, 0.15) is 30.0 Å². The van der Waals surface area contributed by atoms with Crippen LogP contribution in [0, 0.1) is 0 Å². The summed E-state index contributed by atoms with van der Waals surface area (Å²) in [6, 6.07) is 21.6. The number of nitrogens with one attached hydrogen (secondary N) is 3. The van der Waals surface area contributed by atoms with E-state index in [0.29, 0.717) is 0 Å². The smallest absolute Gasteiger partial charge is 0.408 e. The molecule has 4 atom stereocenters. The minimum absolute atomic E-state index is 0.0408. The number of hydrogen-bond acceptors (Lipinski definition) is 7. The average molecular weight is 574 g/mol. The lowest BCUT2D eigenvalue weighted by molar-refractivity contribution is -0.133. The highest BCUT2D eigenvalue weighted by Crippen LogP contribution is 2.29. The van der Waals surface area contributed by atoms with E-state index in [-0.39, 0.29) is 37.6 Å². The molecule has 1 unspecified atom stereocenters. The van der Waals surface area contributed by atoms with E-state index in [0.717, 1.165) is 16.7 Å². The predicted octanol–water partition coefficient (Wildman–Crippen LogP) is 2.82. The molecular weight excluding hydrogens is 538 g/mol. The highest BCUT2D eigenvalue weighted by Gasteiger charge is 2.50. The third-order valence-corrected chi connectivity index (χ3v) is 6.96. The predicted molar refractivity (Wildman–Crippen MR) is 154 cm³/mol. The van der Waals surface area contributed by atoms with Gasteiger partial charge in [-0.05, 0) is 49.1 Å². The van der Waals surface area contributed by atoms with Crippen molar-refractivity contribution >= 4 is 23.7 Å². The second-order valence-corrected chi connectivity index (χ2v) is 10.5. The van der Waals surface area contributed by atoms with Gasteiger partial charge in [0.2, 0.25) is 11.8 Å². The van der Waals surface area contributed by atoms with Crippen molar-refractivity contribution in [2.24, 2.45) is 0 Å². The summed E-state index contributed by atoms with van der Waals surface area (Å²) < 4.78 is 10.6. The van der Waals surface area contributed by atoms with Crippen LogP contribution >= 0.6 is 0 Å². The van der Waals surface area contributed by atoms with Crippen molar-refractivity contribution in [3.8, 4) is 5.75 Å². The summed E-state index contributed by atoms with van der Waals surface area (Å²) in [5.41, 5.74) is 1.32. The second kappa shape index (κ2) is 13.8. The van der Waals surface area contributed by atoms with E-state index in [1.54, 1.807) is 19.1 Å². The number of carbonyl (C=O) groups excluding carboxylic acids is 4. The number of benzene rings is 3. The monoisotopic (exact) mass is 573 g/mol. The number of hydrogen-bond donors (Lipinski definition) is 4. The summed E-state index contributed by atoms with van der Waals surface area (Å²) in [5, 5.41) is 17.6. The Bertz CT molecular complexity index is 1380. The molecule has 3 aromatic carbocycles. The Morgan fingerprint density at radius 3 is 1.90 bits per heavy atom. The van der Waals surface area contributed by atoms with Crippen LogP contribution in [0.3, 0.4) is 0 Å². The number of aromatic hydroxyl groups is 1. The first-order valence-electron chi connectivity index (χ1n) is 13.7. The second-order valence-electron chi connectivity index (χ2n) is 10.5. The number of rotatable bonds is 13. The van der Waals surface area contributed by atoms with Crippen molar-refractivity contribution in [1.29, 1.82) is 0 Å². The van der Waals surface area contributed by atoms with E-state index in [4.69, 9.17) is 9.47 Å². The number of epoxide rings is 1. The maximum atomic E-state index is 13.6. The van der Waals surface area contributed by atoms with Crippen LogP contribution in [0.4, 0.5) is 4.79 Å². The molecule has 1 saturated heterocycles. The molecule has 1 fully saturated rings. The summed E-state index contributed by atoms with van der Waals surface area (Å²) >= 11 is 0. The molecule has 10 heteroatoms. The summed E-state index contributed by atoms with van der Waals surface area (Å²) in [6.07, 6.45) is -0.457. The van der Waals surface area contributed by atoms with Crippen molar-refractivity contribution in [2.45, 2.75) is 57.0 Å². The quantitative estimate of drug-likeness (QED) is 0.230. The van der Waals surface area contributed by atoms with Gasteiger partial charge < -0.3 is 30.5 Å². The van der Waals surface area contributed by atoms with Gasteiger partial charge in [-0.1, -0.05) is 72.8 Å². The fourth-order valence-corrected chi connectivity index (χ4v) is 4.33. The lowest BCUT2D eigenvalue weighted by Crippen LogP contribution is -2.57. The third-order valence-electron chi connectivity index (χ3n) is 6.96. The topological polar surface area (TPSA) is 146 Å². The number of ketones is 1. The molecule has 0 saturated carbocycles. The molecule has 3 amide bonds. The Hall–Kier alpha value is -4.70. The molecule has 0 aliphatic carbocycles. The maximum Gasteiger partial charge on any atom is 0.408 e. The zero-order valence-corrected chi connectivity index (χ0v) is 23.5. The minimum Gasteiger partial charge on any atom is -0.508 e. The standard InChI is InChI=1S/C32H35N3O7/c1-21(33-31(40)41-19-24-11-7-4-8-12-24)29(38)35-27(18-22-9-5-3-6-10-22)30(39)34-26(28(37)32(2)20-42-32)17-23-13-15-25(36)16-14-23/h3-16,21,26-27,36H,17-20H2,1-2H3,(H,33,40)(H,34,39)(H,35,38)/t21-,26+,27+,32?/m1/s1. The fraction of sp³-hybridized carbons (Fsp3) is 0.312. The molecule has 1 aliphatic rings. The van der Waals surface area contributed by atoms with Gasteiger partial charge in [0.15, 0.2) is 5.78 Å². The first-order valence-corrected chi connectivity index (χ1v) is 13.7. The molecular formula is C32H35N3O7. The summed E-state index contributed by atoms with van der Waals surface area (Å²) in [7, 11) is 0. The molecule has 1 heterocycles. The van der Waals surface area contributed by atoms with Crippen LogP contribution in [-0.4, -0.2) is 59.1 Å². The van der Waals surface area contributed by atoms with E-state index >= 15 is 0 Å². The van der Waals surface area contributed by atoms with E-state index in [9.17, 15) is 24.3 Å². The minimum atomic E-state index is -1.05. The van der Waals surface area contributed by atoms with Crippen LogP contribution < -0.4 is 16.0 Å². The van der Waals surface area contributed by atoms with Crippen LogP contribution in [0.1, 0.15) is 30.5 Å². The normalized spacial score (nSPS) is 17.7. The van der Waals surface area contributed by atoms with E-state index < -0.39 is 41.6 Å². The zero-order chi connectivity index (χ0) is 30.1. The van der Waals surface area contributed by atoms with Gasteiger partial charge >= 0.3 is 6.09 Å². The molecule has 4 N–H and O–H groups in total. The zero-order valence-electron chi connectivity index (χ0n) is 23.5. The molecule has 3 aromatic rings. The van der Waals surface area contributed by atoms with Crippen LogP contribution in [0.5, 0.6) is 5.75 Å². The molecule has 220 valence electrons. The highest BCUT2D eigenvalue weighted by molar-refractivity contribution is 5.98. The Morgan fingerprint density at radius 1 is 0.786 bits per heavy atom. The van der Waals surface area contributed by atoms with Gasteiger partial charge in [-0.25, -0.2) is 4.79 Å². The average Bonchev–Trinajstić information content (AvgIpc) is 3.75. The van der Waals surface area contributed by atoms with Crippen molar-refractivity contribution in [3.63, 3.8) is 0 Å². The van der Waals surface area contributed by atoms with Crippen LogP contribution in [0.15, 0.2) is 84.9 Å².